The van der Waals surface area contributed by atoms with E-state index in [1.54, 1.807) is 0 Å². The van der Waals surface area contributed by atoms with Gasteiger partial charge in [0.2, 0.25) is 0 Å². The summed E-state index contributed by atoms with van der Waals surface area (Å²) in [5.74, 6) is 0.126. The van der Waals surface area contributed by atoms with Crippen LogP contribution in [0.3, 0.4) is 0 Å². The van der Waals surface area contributed by atoms with Crippen LogP contribution in [-0.2, 0) is 0 Å². The van der Waals surface area contributed by atoms with Gasteiger partial charge in [-0.15, -0.1) is 0 Å². The molecule has 0 radical (unpaired) electrons. The zero-order valence-corrected chi connectivity index (χ0v) is 17.1. The molecule has 0 aliphatic heterocycles. The summed E-state index contributed by atoms with van der Waals surface area (Å²) in [6.45, 7) is 0. The van der Waals surface area contributed by atoms with Crippen LogP contribution in [0.2, 0.25) is 0 Å². The van der Waals surface area contributed by atoms with E-state index in [2.05, 4.69) is 12.1 Å². The Balaban J connectivity index is 1.35. The average molecular weight is 408 g/mol. The molecule has 2 nitrogen and oxygen atoms in total. The Bertz CT molecular complexity index is 1660. The van der Waals surface area contributed by atoms with Gasteiger partial charge in [-0.25, -0.2) is 0 Å². The molecule has 2 aliphatic rings. The van der Waals surface area contributed by atoms with Crippen LogP contribution >= 0.6 is 0 Å². The first kappa shape index (κ1) is 17.4. The summed E-state index contributed by atoms with van der Waals surface area (Å²) in [4.78, 5) is 26.2. The number of hydrogen-bond donors (Lipinski definition) is 0. The average Bonchev–Trinajstić information content (AvgIpc) is 3.28. The van der Waals surface area contributed by atoms with Gasteiger partial charge in [0.25, 0.3) is 0 Å². The lowest BCUT2D eigenvalue weighted by molar-refractivity contribution is 0.103. The first-order valence-electron chi connectivity index (χ1n) is 10.7. The molecule has 0 bridgehead atoms. The zero-order chi connectivity index (χ0) is 21.4. The Kier molecular flexibility index (Phi) is 3.32. The Morgan fingerprint density at radius 1 is 0.344 bits per heavy atom. The third-order valence-electron chi connectivity index (χ3n) is 6.74. The minimum Gasteiger partial charge on any atom is -0.289 e. The van der Waals surface area contributed by atoms with Crippen molar-refractivity contribution in [3.63, 3.8) is 0 Å². The molecule has 32 heavy (non-hydrogen) atoms. The van der Waals surface area contributed by atoms with Gasteiger partial charge in [-0.1, -0.05) is 72.8 Å². The fourth-order valence-electron chi connectivity index (χ4n) is 5.15. The van der Waals surface area contributed by atoms with Crippen LogP contribution in [0.4, 0.5) is 0 Å². The predicted octanol–water partition coefficient (Wildman–Crippen LogP) is 6.93. The highest BCUT2D eigenvalue weighted by atomic mass is 16.1. The maximum absolute atomic E-state index is 13.2. The lowest BCUT2D eigenvalue weighted by Crippen LogP contribution is -1.97. The third kappa shape index (κ3) is 2.24. The number of carbonyl (C=O) groups excluding carboxylic acids is 2. The molecule has 0 spiro atoms. The van der Waals surface area contributed by atoms with Crippen LogP contribution < -0.4 is 0 Å². The highest BCUT2D eigenvalue weighted by Crippen LogP contribution is 2.42. The summed E-state index contributed by atoms with van der Waals surface area (Å²) in [5.41, 5.74) is 8.80. The molecule has 0 aromatic heterocycles. The predicted molar refractivity (Wildman–Crippen MR) is 127 cm³/mol. The van der Waals surface area contributed by atoms with Crippen molar-refractivity contribution in [2.24, 2.45) is 0 Å². The van der Waals surface area contributed by atoms with Gasteiger partial charge in [0.1, 0.15) is 0 Å². The smallest absolute Gasteiger partial charge is 0.194 e. The number of hydrogen-bond acceptors (Lipinski definition) is 2. The van der Waals surface area contributed by atoms with Crippen molar-refractivity contribution >= 4 is 22.3 Å². The Hall–Kier alpha value is -4.30. The van der Waals surface area contributed by atoms with Gasteiger partial charge < -0.3 is 0 Å². The summed E-state index contributed by atoms with van der Waals surface area (Å²) in [7, 11) is 0. The van der Waals surface area contributed by atoms with E-state index in [0.29, 0.717) is 0 Å². The molecule has 5 aromatic rings. The molecule has 0 N–H and O–H groups in total. The van der Waals surface area contributed by atoms with Gasteiger partial charge in [0, 0.05) is 22.3 Å². The number of benzene rings is 5. The second-order valence-corrected chi connectivity index (χ2v) is 8.47. The molecule has 0 fully saturated rings. The lowest BCUT2D eigenvalue weighted by atomic mass is 9.95. The first-order chi connectivity index (χ1) is 15.7. The van der Waals surface area contributed by atoms with E-state index in [1.165, 1.54) is 0 Å². The fraction of sp³-hybridized carbons (Fsp3) is 0. The summed E-state index contributed by atoms with van der Waals surface area (Å²) >= 11 is 0. The molecular weight excluding hydrogens is 392 g/mol. The Morgan fingerprint density at radius 3 is 1.44 bits per heavy atom. The van der Waals surface area contributed by atoms with Gasteiger partial charge in [0.15, 0.2) is 11.6 Å². The summed E-state index contributed by atoms with van der Waals surface area (Å²) in [6, 6.07) is 32.0. The van der Waals surface area contributed by atoms with Crippen molar-refractivity contribution < 1.29 is 9.59 Å². The molecule has 0 amide bonds. The molecule has 0 atom stereocenters. The third-order valence-corrected chi connectivity index (χ3v) is 6.74. The minimum atomic E-state index is 0.0623. The second kappa shape index (κ2) is 6.12. The van der Waals surface area contributed by atoms with E-state index in [0.717, 1.165) is 66.4 Å². The highest BCUT2D eigenvalue weighted by molar-refractivity contribution is 6.24. The van der Waals surface area contributed by atoms with Gasteiger partial charge in [0.05, 0.1) is 0 Å². The zero-order valence-electron chi connectivity index (χ0n) is 17.1. The van der Waals surface area contributed by atoms with Crippen LogP contribution in [0.15, 0.2) is 97.1 Å². The molecule has 0 heterocycles. The molecule has 0 saturated carbocycles. The Labute approximate surface area is 184 Å². The summed E-state index contributed by atoms with van der Waals surface area (Å²) in [6.07, 6.45) is 0. The Morgan fingerprint density at radius 2 is 0.781 bits per heavy atom. The second-order valence-electron chi connectivity index (χ2n) is 8.47. The maximum atomic E-state index is 13.2. The summed E-state index contributed by atoms with van der Waals surface area (Å²) in [5, 5.41) is 2.21. The molecule has 5 aromatic carbocycles. The summed E-state index contributed by atoms with van der Waals surface area (Å²) < 4.78 is 0. The van der Waals surface area contributed by atoms with Crippen LogP contribution in [0.25, 0.3) is 44.2 Å². The van der Waals surface area contributed by atoms with Crippen molar-refractivity contribution in [1.82, 2.24) is 0 Å². The molecule has 7 rings (SSSR count). The number of ketones is 2. The van der Waals surface area contributed by atoms with Crippen molar-refractivity contribution in [3.8, 4) is 33.4 Å². The topological polar surface area (TPSA) is 34.1 Å². The van der Waals surface area contributed by atoms with E-state index in [9.17, 15) is 9.59 Å². The monoisotopic (exact) mass is 408 g/mol. The molecule has 2 aliphatic carbocycles. The largest absolute Gasteiger partial charge is 0.289 e. The van der Waals surface area contributed by atoms with Gasteiger partial charge in [-0.3, -0.25) is 9.59 Å². The van der Waals surface area contributed by atoms with Crippen LogP contribution in [0.1, 0.15) is 31.8 Å². The van der Waals surface area contributed by atoms with Crippen LogP contribution in [0.5, 0.6) is 0 Å². The standard InChI is InChI=1S/C30H16O2/c31-29-24-8-4-3-7-21(24)22-11-9-19(15-26(22)29)20-10-12-23-25-13-17-5-1-2-6-18(17)14-28(25)30(32)27(23)16-20/h1-16H. The van der Waals surface area contributed by atoms with Crippen LogP contribution in [0, 0.1) is 0 Å². The lowest BCUT2D eigenvalue weighted by Gasteiger charge is -2.08. The van der Waals surface area contributed by atoms with E-state index in [4.69, 9.17) is 0 Å². The number of rotatable bonds is 1. The van der Waals surface area contributed by atoms with Crippen molar-refractivity contribution in [2.75, 3.05) is 0 Å². The van der Waals surface area contributed by atoms with E-state index < -0.39 is 0 Å². The highest BCUT2D eigenvalue weighted by Gasteiger charge is 2.29. The van der Waals surface area contributed by atoms with Gasteiger partial charge >= 0.3 is 0 Å². The quantitative estimate of drug-likeness (QED) is 0.295. The number of fused-ring (bicyclic) bond motifs is 7. The van der Waals surface area contributed by atoms with E-state index in [-0.39, 0.29) is 11.6 Å². The van der Waals surface area contributed by atoms with Crippen molar-refractivity contribution in [2.45, 2.75) is 0 Å². The molecule has 2 heteroatoms. The molecule has 0 unspecified atom stereocenters. The fourth-order valence-corrected chi connectivity index (χ4v) is 5.15. The molecule has 0 saturated heterocycles. The minimum absolute atomic E-state index is 0.0623. The van der Waals surface area contributed by atoms with Gasteiger partial charge in [-0.2, -0.15) is 0 Å². The normalized spacial score (nSPS) is 13.1. The number of carbonyl (C=O) groups is 2. The maximum Gasteiger partial charge on any atom is 0.194 e. The van der Waals surface area contributed by atoms with E-state index >= 15 is 0 Å². The molecular formula is C30H16O2. The van der Waals surface area contributed by atoms with Crippen molar-refractivity contribution in [1.29, 1.82) is 0 Å². The SMILES string of the molecule is O=C1c2ccccc2-c2ccc(-c3ccc4c(c3)C(=O)c3cc5ccccc5cc3-4)cc21. The first-order valence-corrected chi connectivity index (χ1v) is 10.7. The van der Waals surface area contributed by atoms with Crippen LogP contribution in [-0.4, -0.2) is 11.6 Å². The molecule has 148 valence electrons. The van der Waals surface area contributed by atoms with E-state index in [1.807, 2.05) is 84.9 Å². The van der Waals surface area contributed by atoms with Crippen molar-refractivity contribution in [3.05, 3.63) is 119 Å². The van der Waals surface area contributed by atoms with Gasteiger partial charge in [-0.05, 0) is 68.4 Å².